The van der Waals surface area contributed by atoms with E-state index in [0.717, 1.165) is 13.1 Å². The van der Waals surface area contributed by atoms with Gasteiger partial charge in [0.05, 0.1) is 6.04 Å². The molecule has 1 aliphatic heterocycles. The van der Waals surface area contributed by atoms with E-state index in [4.69, 9.17) is 0 Å². The molecule has 0 spiro atoms. The highest BCUT2D eigenvalue weighted by Gasteiger charge is 2.41. The number of amides is 1. The molecule has 1 amide bonds. The molecule has 1 unspecified atom stereocenters. The molecule has 0 aromatic heterocycles. The molecule has 0 radical (unpaired) electrons. The number of carbonyl (C=O) groups is 1. The quantitative estimate of drug-likeness (QED) is 0.811. The number of rotatable bonds is 2. The second kappa shape index (κ2) is 5.17. The Morgan fingerprint density at radius 3 is 2.33 bits per heavy atom. The Kier molecular flexibility index (Phi) is 4.44. The fraction of sp³-hybridized carbons (Fsp3) is 0.929. The Bertz CT molecular complexity index is 307. The fourth-order valence-electron chi connectivity index (χ4n) is 2.84. The second-order valence-corrected chi connectivity index (χ2v) is 7.19. The van der Waals surface area contributed by atoms with Crippen molar-refractivity contribution in [2.45, 2.75) is 52.6 Å². The van der Waals surface area contributed by atoms with Crippen molar-refractivity contribution in [2.24, 2.45) is 5.41 Å². The number of likely N-dealkylation sites (N-methyl/N-ethyl adjacent to an activating group) is 1. The summed E-state index contributed by atoms with van der Waals surface area (Å²) in [6, 6.07) is -0.207. The Morgan fingerprint density at radius 1 is 1.33 bits per heavy atom. The minimum absolute atomic E-state index is 0.0528. The van der Waals surface area contributed by atoms with E-state index in [9.17, 15) is 9.90 Å². The second-order valence-electron chi connectivity index (χ2n) is 7.19. The van der Waals surface area contributed by atoms with Crippen LogP contribution < -0.4 is 0 Å². The molecule has 0 aliphatic carbocycles. The lowest BCUT2D eigenvalue weighted by molar-refractivity contribution is -0.136. The van der Waals surface area contributed by atoms with Crippen molar-refractivity contribution in [1.29, 1.82) is 0 Å². The molecule has 1 saturated heterocycles. The van der Waals surface area contributed by atoms with Crippen LogP contribution >= 0.6 is 0 Å². The van der Waals surface area contributed by atoms with Crippen molar-refractivity contribution in [2.75, 3.05) is 26.7 Å². The lowest BCUT2D eigenvalue weighted by Crippen LogP contribution is -2.54. The van der Waals surface area contributed by atoms with Gasteiger partial charge in [-0.2, -0.15) is 0 Å². The lowest BCUT2D eigenvalue weighted by Gasteiger charge is -2.42. The van der Waals surface area contributed by atoms with Gasteiger partial charge in [0, 0.05) is 32.3 Å². The molecular weight excluding hydrogens is 228 g/mol. The van der Waals surface area contributed by atoms with Crippen LogP contribution in [0.1, 0.15) is 41.0 Å². The van der Waals surface area contributed by atoms with Gasteiger partial charge in [-0.25, -0.2) is 0 Å². The Hall–Kier alpha value is -0.610. The van der Waals surface area contributed by atoms with Gasteiger partial charge in [-0.15, -0.1) is 0 Å². The van der Waals surface area contributed by atoms with Gasteiger partial charge < -0.3 is 10.0 Å². The monoisotopic (exact) mass is 256 g/mol. The van der Waals surface area contributed by atoms with Crippen LogP contribution in [0.15, 0.2) is 0 Å². The third kappa shape index (κ3) is 3.45. The van der Waals surface area contributed by atoms with Crippen LogP contribution in [0, 0.1) is 5.41 Å². The molecule has 1 rings (SSSR count). The van der Waals surface area contributed by atoms with Gasteiger partial charge >= 0.3 is 0 Å². The molecule has 0 aromatic carbocycles. The molecule has 106 valence electrons. The van der Waals surface area contributed by atoms with Crippen LogP contribution in [-0.2, 0) is 4.79 Å². The first-order valence-corrected chi connectivity index (χ1v) is 6.71. The Morgan fingerprint density at radius 2 is 1.89 bits per heavy atom. The van der Waals surface area contributed by atoms with E-state index in [0.29, 0.717) is 6.42 Å². The summed E-state index contributed by atoms with van der Waals surface area (Å²) < 4.78 is 0. The lowest BCUT2D eigenvalue weighted by atomic mass is 9.90. The van der Waals surface area contributed by atoms with Crippen LogP contribution in [0.4, 0.5) is 0 Å². The largest absolute Gasteiger partial charge is 0.396 e. The maximum absolute atomic E-state index is 12.5. The first-order chi connectivity index (χ1) is 8.08. The third-order valence-electron chi connectivity index (χ3n) is 3.57. The average molecular weight is 256 g/mol. The fourth-order valence-corrected chi connectivity index (χ4v) is 2.84. The summed E-state index contributed by atoms with van der Waals surface area (Å²) in [5, 5.41) is 9.23. The standard InChI is InChI=1S/C14H28N2O2/c1-13(2,3)16-10-14(4,5)9-15(6)12(18)11(16)7-8-17/h11,17H,7-10H2,1-6H3. The maximum Gasteiger partial charge on any atom is 0.239 e. The first-order valence-electron chi connectivity index (χ1n) is 6.71. The summed E-state index contributed by atoms with van der Waals surface area (Å²) in [5.74, 6) is 0.129. The highest BCUT2D eigenvalue weighted by Crippen LogP contribution is 2.30. The van der Waals surface area contributed by atoms with Crippen LogP contribution in [0.2, 0.25) is 0 Å². The van der Waals surface area contributed by atoms with E-state index in [-0.39, 0.29) is 29.5 Å². The summed E-state index contributed by atoms with van der Waals surface area (Å²) in [6.45, 7) is 12.5. The number of nitrogens with zero attached hydrogens (tertiary/aromatic N) is 2. The predicted octanol–water partition coefficient (Wildman–Crippen LogP) is 1.34. The third-order valence-corrected chi connectivity index (χ3v) is 3.57. The molecule has 4 heteroatoms. The molecule has 1 aliphatic rings. The normalized spacial score (nSPS) is 26.3. The molecule has 0 saturated carbocycles. The van der Waals surface area contributed by atoms with Gasteiger partial charge in [-0.05, 0) is 32.6 Å². The molecule has 1 atom stereocenters. The summed E-state index contributed by atoms with van der Waals surface area (Å²) in [6.07, 6.45) is 0.510. The highest BCUT2D eigenvalue weighted by atomic mass is 16.3. The predicted molar refractivity (Wildman–Crippen MR) is 73.4 cm³/mol. The summed E-state index contributed by atoms with van der Waals surface area (Å²) in [7, 11) is 1.86. The van der Waals surface area contributed by atoms with Gasteiger partial charge in [-0.3, -0.25) is 9.69 Å². The van der Waals surface area contributed by atoms with Gasteiger partial charge in [0.2, 0.25) is 5.91 Å². The van der Waals surface area contributed by atoms with Gasteiger partial charge in [0.25, 0.3) is 0 Å². The van der Waals surface area contributed by atoms with Crippen molar-refractivity contribution in [3.05, 3.63) is 0 Å². The maximum atomic E-state index is 12.5. The van der Waals surface area contributed by atoms with E-state index >= 15 is 0 Å². The smallest absolute Gasteiger partial charge is 0.239 e. The number of hydrogen-bond donors (Lipinski definition) is 1. The molecule has 0 aromatic rings. The highest BCUT2D eigenvalue weighted by molar-refractivity contribution is 5.82. The summed E-state index contributed by atoms with van der Waals surface area (Å²) in [4.78, 5) is 16.5. The van der Waals surface area contributed by atoms with Crippen molar-refractivity contribution in [3.8, 4) is 0 Å². The zero-order valence-corrected chi connectivity index (χ0v) is 12.7. The van der Waals surface area contributed by atoms with E-state index in [2.05, 4.69) is 39.5 Å². The zero-order chi connectivity index (χ0) is 14.1. The Labute approximate surface area is 111 Å². The van der Waals surface area contributed by atoms with Crippen LogP contribution in [-0.4, -0.2) is 59.1 Å². The molecule has 18 heavy (non-hydrogen) atoms. The van der Waals surface area contributed by atoms with E-state index < -0.39 is 0 Å². The zero-order valence-electron chi connectivity index (χ0n) is 12.7. The molecule has 0 bridgehead atoms. The van der Waals surface area contributed by atoms with E-state index in [1.165, 1.54) is 0 Å². The summed E-state index contributed by atoms with van der Waals surface area (Å²) in [5.41, 5.74) is -0.000156. The van der Waals surface area contributed by atoms with Crippen molar-refractivity contribution < 1.29 is 9.90 Å². The van der Waals surface area contributed by atoms with Gasteiger partial charge in [0.15, 0.2) is 0 Å². The minimum Gasteiger partial charge on any atom is -0.396 e. The summed E-state index contributed by atoms with van der Waals surface area (Å²) >= 11 is 0. The number of aliphatic hydroxyl groups is 1. The van der Waals surface area contributed by atoms with Crippen molar-refractivity contribution in [1.82, 2.24) is 9.80 Å². The molecular formula is C14H28N2O2. The first kappa shape index (κ1) is 15.4. The molecule has 4 nitrogen and oxygen atoms in total. The minimum atomic E-state index is -0.207. The number of aliphatic hydroxyl groups excluding tert-OH is 1. The molecule has 1 fully saturated rings. The van der Waals surface area contributed by atoms with Crippen LogP contribution in [0.25, 0.3) is 0 Å². The number of carbonyl (C=O) groups excluding carboxylic acids is 1. The number of hydrogen-bond acceptors (Lipinski definition) is 3. The van der Waals surface area contributed by atoms with Crippen LogP contribution in [0.5, 0.6) is 0 Å². The van der Waals surface area contributed by atoms with Gasteiger partial charge in [-0.1, -0.05) is 13.8 Å². The van der Waals surface area contributed by atoms with Gasteiger partial charge in [0.1, 0.15) is 0 Å². The van der Waals surface area contributed by atoms with E-state index in [1.54, 1.807) is 0 Å². The topological polar surface area (TPSA) is 43.8 Å². The van der Waals surface area contributed by atoms with Crippen molar-refractivity contribution in [3.63, 3.8) is 0 Å². The molecule has 1 N–H and O–H groups in total. The average Bonchev–Trinajstić information content (AvgIpc) is 2.27. The molecule has 1 heterocycles. The van der Waals surface area contributed by atoms with Crippen molar-refractivity contribution >= 4 is 5.91 Å². The SMILES string of the molecule is CN1CC(C)(C)CN(C(C)(C)C)C(CCO)C1=O. The Balaban J connectivity index is 3.11. The van der Waals surface area contributed by atoms with E-state index in [1.807, 2.05) is 11.9 Å². The van der Waals surface area contributed by atoms with Crippen LogP contribution in [0.3, 0.4) is 0 Å².